The first-order chi connectivity index (χ1) is 11.6. The van der Waals surface area contributed by atoms with E-state index in [1.54, 1.807) is 10.9 Å². The first kappa shape index (κ1) is 16.4. The quantitative estimate of drug-likeness (QED) is 0.887. The number of rotatable bonds is 5. The number of nitrogens with zero attached hydrogens (tertiary/aromatic N) is 2. The molecular formula is C18H24N4O2. The summed E-state index contributed by atoms with van der Waals surface area (Å²) in [5.74, 6) is 0.848. The average Bonchev–Trinajstić information content (AvgIpc) is 3.18. The summed E-state index contributed by atoms with van der Waals surface area (Å²) in [4.78, 5) is 12.3. The van der Waals surface area contributed by atoms with E-state index in [9.17, 15) is 4.79 Å². The van der Waals surface area contributed by atoms with Gasteiger partial charge in [0.1, 0.15) is 11.9 Å². The van der Waals surface area contributed by atoms with Gasteiger partial charge in [-0.15, -0.1) is 0 Å². The van der Waals surface area contributed by atoms with Crippen LogP contribution in [0.15, 0.2) is 42.7 Å². The first-order valence-corrected chi connectivity index (χ1v) is 8.39. The van der Waals surface area contributed by atoms with Gasteiger partial charge in [-0.2, -0.15) is 5.10 Å². The summed E-state index contributed by atoms with van der Waals surface area (Å²) >= 11 is 0. The SMILES string of the molecule is C[C@H](NC(=O)N[C@H]1CCC[C@@H]1Oc1ccccc1)c1cnn(C)c1. The molecule has 128 valence electrons. The van der Waals surface area contributed by atoms with Gasteiger partial charge in [0.25, 0.3) is 0 Å². The van der Waals surface area contributed by atoms with Crippen LogP contribution in [0.4, 0.5) is 4.79 Å². The van der Waals surface area contributed by atoms with Crippen molar-refractivity contribution in [2.24, 2.45) is 7.05 Å². The number of urea groups is 1. The molecule has 0 spiro atoms. The third-order valence-corrected chi connectivity index (χ3v) is 4.37. The number of hydrogen-bond donors (Lipinski definition) is 2. The van der Waals surface area contributed by atoms with Crippen LogP contribution in [0, 0.1) is 0 Å². The highest BCUT2D eigenvalue weighted by Gasteiger charge is 2.30. The number of para-hydroxylation sites is 1. The Morgan fingerprint density at radius 3 is 2.83 bits per heavy atom. The van der Waals surface area contributed by atoms with Crippen molar-refractivity contribution in [3.8, 4) is 5.75 Å². The molecule has 2 amide bonds. The van der Waals surface area contributed by atoms with Crippen LogP contribution in [0.5, 0.6) is 5.75 Å². The molecule has 1 heterocycles. The zero-order chi connectivity index (χ0) is 16.9. The molecule has 1 aliphatic carbocycles. The predicted molar refractivity (Wildman–Crippen MR) is 91.8 cm³/mol. The highest BCUT2D eigenvalue weighted by molar-refractivity contribution is 5.74. The lowest BCUT2D eigenvalue weighted by Crippen LogP contribution is -2.47. The van der Waals surface area contributed by atoms with E-state index in [-0.39, 0.29) is 24.2 Å². The lowest BCUT2D eigenvalue weighted by atomic mass is 10.2. The second-order valence-electron chi connectivity index (χ2n) is 6.29. The Bertz CT molecular complexity index is 671. The maximum absolute atomic E-state index is 12.3. The minimum Gasteiger partial charge on any atom is -0.488 e. The normalized spacial score (nSPS) is 21.2. The van der Waals surface area contributed by atoms with E-state index in [0.29, 0.717) is 0 Å². The fourth-order valence-corrected chi connectivity index (χ4v) is 3.06. The number of hydrogen-bond acceptors (Lipinski definition) is 3. The van der Waals surface area contributed by atoms with Gasteiger partial charge in [-0.3, -0.25) is 4.68 Å². The zero-order valence-electron chi connectivity index (χ0n) is 14.1. The first-order valence-electron chi connectivity index (χ1n) is 8.39. The maximum atomic E-state index is 12.3. The molecule has 0 saturated heterocycles. The predicted octanol–water partition coefficient (Wildman–Crippen LogP) is 2.78. The molecule has 1 saturated carbocycles. The lowest BCUT2D eigenvalue weighted by molar-refractivity contribution is 0.172. The number of nitrogens with one attached hydrogen (secondary N) is 2. The second-order valence-corrected chi connectivity index (χ2v) is 6.29. The van der Waals surface area contributed by atoms with Crippen LogP contribution in [0.2, 0.25) is 0 Å². The average molecular weight is 328 g/mol. The molecule has 1 aromatic carbocycles. The van der Waals surface area contributed by atoms with Crippen molar-refractivity contribution in [2.75, 3.05) is 0 Å². The molecule has 6 nitrogen and oxygen atoms in total. The van der Waals surface area contributed by atoms with Gasteiger partial charge in [0.05, 0.1) is 18.3 Å². The standard InChI is InChI=1S/C18H24N4O2/c1-13(14-11-19-22(2)12-14)20-18(23)21-16-9-6-10-17(16)24-15-7-4-3-5-8-15/h3-5,7-8,11-13,16-17H,6,9-10H2,1-2H3,(H2,20,21,23)/t13-,16-,17-/m0/s1. The molecule has 1 aliphatic rings. The van der Waals surface area contributed by atoms with E-state index >= 15 is 0 Å². The van der Waals surface area contributed by atoms with Gasteiger partial charge in [-0.05, 0) is 38.3 Å². The van der Waals surface area contributed by atoms with Crippen LogP contribution in [0.25, 0.3) is 0 Å². The molecule has 3 rings (SSSR count). The molecule has 2 N–H and O–H groups in total. The Balaban J connectivity index is 1.53. The van der Waals surface area contributed by atoms with Crippen LogP contribution in [0.3, 0.4) is 0 Å². The monoisotopic (exact) mass is 328 g/mol. The Labute approximate surface area is 142 Å². The molecule has 0 aliphatic heterocycles. The van der Waals surface area contributed by atoms with Crippen molar-refractivity contribution >= 4 is 6.03 Å². The number of benzene rings is 1. The summed E-state index contributed by atoms with van der Waals surface area (Å²) in [6, 6.07) is 9.54. The van der Waals surface area contributed by atoms with Crippen molar-refractivity contribution in [3.05, 3.63) is 48.3 Å². The van der Waals surface area contributed by atoms with E-state index in [2.05, 4.69) is 15.7 Å². The van der Waals surface area contributed by atoms with E-state index in [1.165, 1.54) is 0 Å². The van der Waals surface area contributed by atoms with Gasteiger partial charge < -0.3 is 15.4 Å². The molecule has 24 heavy (non-hydrogen) atoms. The largest absolute Gasteiger partial charge is 0.488 e. The zero-order valence-corrected chi connectivity index (χ0v) is 14.1. The molecule has 0 unspecified atom stereocenters. The third kappa shape index (κ3) is 4.07. The summed E-state index contributed by atoms with van der Waals surface area (Å²) in [5.41, 5.74) is 0.983. The molecule has 3 atom stereocenters. The fraction of sp³-hybridized carbons (Fsp3) is 0.444. The van der Waals surface area contributed by atoms with E-state index in [0.717, 1.165) is 30.6 Å². The van der Waals surface area contributed by atoms with E-state index in [1.807, 2.05) is 50.5 Å². The number of aromatic nitrogens is 2. The van der Waals surface area contributed by atoms with Gasteiger partial charge in [0.2, 0.25) is 0 Å². The third-order valence-electron chi connectivity index (χ3n) is 4.37. The fourth-order valence-electron chi connectivity index (χ4n) is 3.06. The number of carbonyl (C=O) groups is 1. The van der Waals surface area contributed by atoms with Gasteiger partial charge in [0.15, 0.2) is 0 Å². The van der Waals surface area contributed by atoms with Gasteiger partial charge >= 0.3 is 6.03 Å². The highest BCUT2D eigenvalue weighted by Crippen LogP contribution is 2.24. The Morgan fingerprint density at radius 2 is 2.12 bits per heavy atom. The van der Waals surface area contributed by atoms with E-state index in [4.69, 9.17) is 4.74 Å². The molecule has 6 heteroatoms. The number of amides is 2. The van der Waals surface area contributed by atoms with Crippen LogP contribution in [-0.4, -0.2) is 28.0 Å². The summed E-state index contributed by atoms with van der Waals surface area (Å²) in [7, 11) is 1.86. The summed E-state index contributed by atoms with van der Waals surface area (Å²) in [6.07, 6.45) is 6.64. The van der Waals surface area contributed by atoms with Crippen molar-refractivity contribution < 1.29 is 9.53 Å². The minimum absolute atomic E-state index is 0.0202. The Hall–Kier alpha value is -2.50. The van der Waals surface area contributed by atoms with Crippen molar-refractivity contribution in [3.63, 3.8) is 0 Å². The topological polar surface area (TPSA) is 68.2 Å². The molecule has 1 aromatic heterocycles. The summed E-state index contributed by atoms with van der Waals surface area (Å²) in [6.45, 7) is 1.95. The van der Waals surface area contributed by atoms with Crippen LogP contribution >= 0.6 is 0 Å². The van der Waals surface area contributed by atoms with Gasteiger partial charge in [0, 0.05) is 18.8 Å². The Morgan fingerprint density at radius 1 is 1.33 bits per heavy atom. The van der Waals surface area contributed by atoms with Gasteiger partial charge in [-0.25, -0.2) is 4.79 Å². The Kier molecular flexibility index (Phi) is 5.03. The van der Waals surface area contributed by atoms with Crippen LogP contribution < -0.4 is 15.4 Å². The smallest absolute Gasteiger partial charge is 0.315 e. The number of ether oxygens (including phenoxy) is 1. The second kappa shape index (κ2) is 7.38. The van der Waals surface area contributed by atoms with Gasteiger partial charge in [-0.1, -0.05) is 18.2 Å². The molecule has 2 aromatic rings. The maximum Gasteiger partial charge on any atom is 0.315 e. The van der Waals surface area contributed by atoms with Crippen molar-refractivity contribution in [1.82, 2.24) is 20.4 Å². The minimum atomic E-state index is -0.167. The summed E-state index contributed by atoms with van der Waals surface area (Å²) in [5, 5.41) is 10.1. The molecule has 1 fully saturated rings. The summed E-state index contributed by atoms with van der Waals surface area (Å²) < 4.78 is 7.75. The lowest BCUT2D eigenvalue weighted by Gasteiger charge is -2.23. The molecule has 0 radical (unpaired) electrons. The van der Waals surface area contributed by atoms with E-state index < -0.39 is 0 Å². The molecular weight excluding hydrogens is 304 g/mol. The number of aryl methyl sites for hydroxylation is 1. The van der Waals surface area contributed by atoms with Crippen molar-refractivity contribution in [2.45, 2.75) is 44.4 Å². The van der Waals surface area contributed by atoms with Crippen LogP contribution in [0.1, 0.15) is 37.8 Å². The highest BCUT2D eigenvalue weighted by atomic mass is 16.5. The van der Waals surface area contributed by atoms with Crippen molar-refractivity contribution in [1.29, 1.82) is 0 Å². The number of carbonyl (C=O) groups excluding carboxylic acids is 1. The molecule has 0 bridgehead atoms. The van der Waals surface area contributed by atoms with Crippen LogP contribution in [-0.2, 0) is 7.05 Å².